The average molecular weight is 242 g/mol. The molecule has 3 nitrogen and oxygen atoms in total. The third kappa shape index (κ3) is 3.94. The van der Waals surface area contributed by atoms with Gasteiger partial charge >= 0.3 is 0 Å². The summed E-state index contributed by atoms with van der Waals surface area (Å²) in [5.74, 6) is 8.01. The molecule has 0 aromatic rings. The standard InChI is InChI=1S/C14H30N2O/c1-6-17-14(4,5)13(16-15)12-8-10(2)7-11(3)9-12/h10-13,16H,6-9,15H2,1-5H3. The van der Waals surface area contributed by atoms with Crippen LogP contribution in [-0.4, -0.2) is 18.2 Å². The number of hydrogen-bond acceptors (Lipinski definition) is 3. The maximum Gasteiger partial charge on any atom is 0.0794 e. The zero-order chi connectivity index (χ0) is 13.1. The number of hydrogen-bond donors (Lipinski definition) is 2. The number of rotatable bonds is 5. The van der Waals surface area contributed by atoms with E-state index in [-0.39, 0.29) is 11.6 Å². The van der Waals surface area contributed by atoms with Crippen LogP contribution in [0.1, 0.15) is 53.9 Å². The quantitative estimate of drug-likeness (QED) is 0.575. The minimum atomic E-state index is -0.190. The Hall–Kier alpha value is -0.120. The van der Waals surface area contributed by atoms with E-state index < -0.39 is 0 Å². The lowest BCUT2D eigenvalue weighted by Gasteiger charge is -2.43. The first-order chi connectivity index (χ1) is 7.90. The smallest absolute Gasteiger partial charge is 0.0794 e. The van der Waals surface area contributed by atoms with Gasteiger partial charge in [0.2, 0.25) is 0 Å². The molecule has 0 heterocycles. The summed E-state index contributed by atoms with van der Waals surface area (Å²) < 4.78 is 5.86. The first-order valence-electron chi connectivity index (χ1n) is 7.00. The topological polar surface area (TPSA) is 47.3 Å². The van der Waals surface area contributed by atoms with Crippen LogP contribution in [0.5, 0.6) is 0 Å². The van der Waals surface area contributed by atoms with E-state index in [1.54, 1.807) is 0 Å². The lowest BCUT2D eigenvalue weighted by molar-refractivity contribution is -0.0619. The van der Waals surface area contributed by atoms with E-state index in [4.69, 9.17) is 10.6 Å². The Morgan fingerprint density at radius 1 is 1.24 bits per heavy atom. The van der Waals surface area contributed by atoms with Crippen LogP contribution in [0.3, 0.4) is 0 Å². The molecular weight excluding hydrogens is 212 g/mol. The van der Waals surface area contributed by atoms with Crippen molar-refractivity contribution in [2.75, 3.05) is 6.61 Å². The third-order valence-corrected chi connectivity index (χ3v) is 4.13. The molecular formula is C14H30N2O. The Bertz CT molecular complexity index is 220. The highest BCUT2D eigenvalue weighted by atomic mass is 16.5. The monoisotopic (exact) mass is 242 g/mol. The molecule has 102 valence electrons. The maximum atomic E-state index is 5.86. The van der Waals surface area contributed by atoms with E-state index in [1.165, 1.54) is 19.3 Å². The summed E-state index contributed by atoms with van der Waals surface area (Å²) >= 11 is 0. The van der Waals surface area contributed by atoms with Crippen LogP contribution in [0.25, 0.3) is 0 Å². The second-order valence-corrected chi connectivity index (χ2v) is 6.36. The van der Waals surface area contributed by atoms with Gasteiger partial charge in [-0.05, 0) is 57.8 Å². The van der Waals surface area contributed by atoms with Crippen molar-refractivity contribution in [3.63, 3.8) is 0 Å². The SMILES string of the molecule is CCOC(C)(C)C(NN)C1CC(C)CC(C)C1. The predicted octanol–water partition coefficient (Wildman–Crippen LogP) is 2.71. The van der Waals surface area contributed by atoms with Crippen molar-refractivity contribution >= 4 is 0 Å². The molecule has 0 bridgehead atoms. The lowest BCUT2D eigenvalue weighted by atomic mass is 9.71. The molecule has 1 aliphatic rings. The van der Waals surface area contributed by atoms with Crippen LogP contribution in [0.15, 0.2) is 0 Å². The van der Waals surface area contributed by atoms with Crippen molar-refractivity contribution in [2.24, 2.45) is 23.6 Å². The van der Waals surface area contributed by atoms with E-state index in [0.29, 0.717) is 5.92 Å². The lowest BCUT2D eigenvalue weighted by Crippen LogP contribution is -2.56. The molecule has 0 saturated heterocycles. The summed E-state index contributed by atoms with van der Waals surface area (Å²) in [6.45, 7) is 11.8. The van der Waals surface area contributed by atoms with Crippen LogP contribution in [0.4, 0.5) is 0 Å². The van der Waals surface area contributed by atoms with Crippen LogP contribution < -0.4 is 11.3 Å². The minimum Gasteiger partial charge on any atom is -0.374 e. The number of hydrazine groups is 1. The zero-order valence-corrected chi connectivity index (χ0v) is 12.1. The summed E-state index contributed by atoms with van der Waals surface area (Å²) in [4.78, 5) is 0. The van der Waals surface area contributed by atoms with Crippen molar-refractivity contribution < 1.29 is 4.74 Å². The van der Waals surface area contributed by atoms with Crippen molar-refractivity contribution in [1.29, 1.82) is 0 Å². The summed E-state index contributed by atoms with van der Waals surface area (Å²) in [5.41, 5.74) is 2.82. The average Bonchev–Trinajstić information content (AvgIpc) is 2.15. The van der Waals surface area contributed by atoms with Crippen LogP contribution in [0, 0.1) is 17.8 Å². The van der Waals surface area contributed by atoms with Gasteiger partial charge in [-0.1, -0.05) is 13.8 Å². The summed E-state index contributed by atoms with van der Waals surface area (Å²) in [7, 11) is 0. The van der Waals surface area contributed by atoms with Crippen LogP contribution >= 0.6 is 0 Å². The van der Waals surface area contributed by atoms with Gasteiger partial charge in [0.15, 0.2) is 0 Å². The van der Waals surface area contributed by atoms with E-state index in [9.17, 15) is 0 Å². The molecule has 0 aromatic heterocycles. The van der Waals surface area contributed by atoms with E-state index in [0.717, 1.165) is 18.4 Å². The molecule has 1 saturated carbocycles. The fourth-order valence-electron chi connectivity index (χ4n) is 3.65. The molecule has 17 heavy (non-hydrogen) atoms. The van der Waals surface area contributed by atoms with E-state index in [2.05, 4.69) is 33.1 Å². The van der Waals surface area contributed by atoms with Gasteiger partial charge in [0.25, 0.3) is 0 Å². The first kappa shape index (κ1) is 14.9. The molecule has 3 N–H and O–H groups in total. The Morgan fingerprint density at radius 2 is 1.76 bits per heavy atom. The zero-order valence-electron chi connectivity index (χ0n) is 12.1. The highest BCUT2D eigenvalue weighted by molar-refractivity contribution is 4.92. The second kappa shape index (κ2) is 6.17. The molecule has 3 unspecified atom stereocenters. The molecule has 0 aliphatic heterocycles. The van der Waals surface area contributed by atoms with Gasteiger partial charge in [-0.25, -0.2) is 0 Å². The fourth-order valence-corrected chi connectivity index (χ4v) is 3.65. The summed E-state index contributed by atoms with van der Waals surface area (Å²) in [6, 6.07) is 0.243. The van der Waals surface area contributed by atoms with Gasteiger partial charge < -0.3 is 4.74 Å². The normalized spacial score (nSPS) is 32.5. The highest BCUT2D eigenvalue weighted by Crippen LogP contribution is 2.37. The van der Waals surface area contributed by atoms with Crippen LogP contribution in [0.2, 0.25) is 0 Å². The highest BCUT2D eigenvalue weighted by Gasteiger charge is 2.38. The van der Waals surface area contributed by atoms with Crippen molar-refractivity contribution in [3.05, 3.63) is 0 Å². The van der Waals surface area contributed by atoms with Gasteiger partial charge in [0.05, 0.1) is 11.6 Å². The minimum absolute atomic E-state index is 0.190. The van der Waals surface area contributed by atoms with Gasteiger partial charge in [-0.2, -0.15) is 0 Å². The molecule has 0 amide bonds. The largest absolute Gasteiger partial charge is 0.374 e. The van der Waals surface area contributed by atoms with Gasteiger partial charge in [0, 0.05) is 6.61 Å². The van der Waals surface area contributed by atoms with Gasteiger partial charge in [-0.3, -0.25) is 11.3 Å². The predicted molar refractivity (Wildman–Crippen MR) is 72.5 cm³/mol. The van der Waals surface area contributed by atoms with Crippen molar-refractivity contribution in [3.8, 4) is 0 Å². The third-order valence-electron chi connectivity index (χ3n) is 4.13. The molecule has 0 aromatic carbocycles. The number of nitrogens with one attached hydrogen (secondary N) is 1. The fraction of sp³-hybridized carbons (Fsp3) is 1.00. The van der Waals surface area contributed by atoms with Crippen LogP contribution in [-0.2, 0) is 4.74 Å². The summed E-state index contributed by atoms with van der Waals surface area (Å²) in [6.07, 6.45) is 3.87. The van der Waals surface area contributed by atoms with Crippen molar-refractivity contribution in [1.82, 2.24) is 5.43 Å². The molecule has 0 spiro atoms. The van der Waals surface area contributed by atoms with Crippen molar-refractivity contribution in [2.45, 2.75) is 65.5 Å². The Balaban J connectivity index is 2.72. The molecule has 3 heteroatoms. The Morgan fingerprint density at radius 3 is 2.18 bits per heavy atom. The molecule has 1 aliphatic carbocycles. The molecule has 0 radical (unpaired) electrons. The molecule has 1 rings (SSSR count). The number of nitrogens with two attached hydrogens (primary N) is 1. The molecule has 1 fully saturated rings. The summed E-state index contributed by atoms with van der Waals surface area (Å²) in [5, 5.41) is 0. The Kier molecular flexibility index (Phi) is 5.42. The van der Waals surface area contributed by atoms with E-state index >= 15 is 0 Å². The van der Waals surface area contributed by atoms with Gasteiger partial charge in [0.1, 0.15) is 0 Å². The van der Waals surface area contributed by atoms with Gasteiger partial charge in [-0.15, -0.1) is 0 Å². The number of ether oxygens (including phenoxy) is 1. The molecule has 3 atom stereocenters. The maximum absolute atomic E-state index is 5.86. The second-order valence-electron chi connectivity index (χ2n) is 6.36. The first-order valence-corrected chi connectivity index (χ1v) is 7.00. The van der Waals surface area contributed by atoms with E-state index in [1.807, 2.05) is 6.92 Å². The Labute approximate surface area is 106 Å².